The summed E-state index contributed by atoms with van der Waals surface area (Å²) in [5.74, 6) is 0.0961. The lowest BCUT2D eigenvalue weighted by Crippen LogP contribution is -2.54. The van der Waals surface area contributed by atoms with Gasteiger partial charge < -0.3 is 11.1 Å². The average molecular weight is 214 g/mol. The Morgan fingerprint density at radius 1 is 1.44 bits per heavy atom. The Hall–Kier alpha value is -2.10. The number of hydrogen-bond donors (Lipinski definition) is 3. The van der Waals surface area contributed by atoms with E-state index in [1.807, 2.05) is 36.4 Å². The molecule has 0 aliphatic carbocycles. The van der Waals surface area contributed by atoms with Gasteiger partial charge in [-0.15, -0.1) is 0 Å². The summed E-state index contributed by atoms with van der Waals surface area (Å²) in [7, 11) is 0. The number of allylic oxidation sites excluding steroid dienone is 2. The van der Waals surface area contributed by atoms with Crippen LogP contribution in [0.25, 0.3) is 0 Å². The summed E-state index contributed by atoms with van der Waals surface area (Å²) in [5, 5.41) is 10.8. The van der Waals surface area contributed by atoms with Gasteiger partial charge in [0.1, 0.15) is 11.4 Å². The van der Waals surface area contributed by atoms with Crippen LogP contribution in [-0.2, 0) is 6.42 Å². The van der Waals surface area contributed by atoms with Crippen LogP contribution >= 0.6 is 0 Å². The van der Waals surface area contributed by atoms with Gasteiger partial charge in [0.15, 0.2) is 0 Å². The van der Waals surface area contributed by atoms with E-state index < -0.39 is 5.54 Å². The van der Waals surface area contributed by atoms with E-state index in [9.17, 15) is 0 Å². The number of nitrogens with two attached hydrogens (primary N) is 1. The highest BCUT2D eigenvalue weighted by atomic mass is 15.0. The number of dihydropyridines is 1. The SMILES string of the molecule is N=C(N)C1(Cc2ccccn2)C=CC=CN1. The molecule has 0 saturated carbocycles. The first kappa shape index (κ1) is 10.4. The molecular weight excluding hydrogens is 200 g/mol. The van der Waals surface area contributed by atoms with Crippen molar-refractivity contribution in [3.8, 4) is 0 Å². The fourth-order valence-corrected chi connectivity index (χ4v) is 1.68. The molecule has 4 N–H and O–H groups in total. The van der Waals surface area contributed by atoms with Crippen LogP contribution in [0.2, 0.25) is 0 Å². The normalized spacial score (nSPS) is 22.8. The molecule has 1 aromatic heterocycles. The number of pyridine rings is 1. The van der Waals surface area contributed by atoms with Gasteiger partial charge in [0, 0.05) is 18.3 Å². The van der Waals surface area contributed by atoms with E-state index in [1.165, 1.54) is 0 Å². The Morgan fingerprint density at radius 2 is 2.31 bits per heavy atom. The summed E-state index contributed by atoms with van der Waals surface area (Å²) < 4.78 is 0. The Morgan fingerprint density at radius 3 is 2.88 bits per heavy atom. The smallest absolute Gasteiger partial charge is 0.121 e. The molecule has 0 amide bonds. The van der Waals surface area contributed by atoms with E-state index in [-0.39, 0.29) is 5.84 Å². The zero-order valence-electron chi connectivity index (χ0n) is 8.85. The first-order chi connectivity index (χ1) is 7.73. The highest BCUT2D eigenvalue weighted by Gasteiger charge is 2.31. The molecule has 16 heavy (non-hydrogen) atoms. The monoisotopic (exact) mass is 214 g/mol. The quantitative estimate of drug-likeness (QED) is 0.518. The highest BCUT2D eigenvalue weighted by Crippen LogP contribution is 2.16. The predicted octanol–water partition coefficient (Wildman–Crippen LogP) is 0.972. The van der Waals surface area contributed by atoms with Crippen LogP contribution in [0.5, 0.6) is 0 Å². The number of amidine groups is 1. The molecule has 4 nitrogen and oxygen atoms in total. The summed E-state index contributed by atoms with van der Waals surface area (Å²) in [5.41, 5.74) is 5.93. The molecular formula is C12H14N4. The van der Waals surface area contributed by atoms with E-state index >= 15 is 0 Å². The van der Waals surface area contributed by atoms with Crippen LogP contribution in [0.3, 0.4) is 0 Å². The molecule has 0 saturated heterocycles. The molecule has 2 heterocycles. The molecule has 0 bridgehead atoms. The number of nitrogens with one attached hydrogen (secondary N) is 2. The Bertz CT molecular complexity index is 436. The lowest BCUT2D eigenvalue weighted by Gasteiger charge is -2.31. The Balaban J connectivity index is 2.25. The van der Waals surface area contributed by atoms with Crippen LogP contribution in [-0.4, -0.2) is 16.4 Å². The number of aromatic nitrogens is 1. The molecule has 1 atom stereocenters. The van der Waals surface area contributed by atoms with E-state index in [2.05, 4.69) is 10.3 Å². The summed E-state index contributed by atoms with van der Waals surface area (Å²) in [6.07, 6.45) is 9.77. The van der Waals surface area contributed by atoms with Crippen molar-refractivity contribution in [1.82, 2.24) is 10.3 Å². The van der Waals surface area contributed by atoms with Gasteiger partial charge in [-0.05, 0) is 24.4 Å². The molecule has 82 valence electrons. The maximum atomic E-state index is 7.69. The third-order valence-corrected chi connectivity index (χ3v) is 2.60. The number of nitrogens with zero attached hydrogens (tertiary/aromatic N) is 1. The van der Waals surface area contributed by atoms with Crippen molar-refractivity contribution in [2.45, 2.75) is 12.0 Å². The van der Waals surface area contributed by atoms with Gasteiger partial charge in [-0.3, -0.25) is 10.4 Å². The maximum absolute atomic E-state index is 7.69. The van der Waals surface area contributed by atoms with Crippen LogP contribution < -0.4 is 11.1 Å². The van der Waals surface area contributed by atoms with Gasteiger partial charge in [-0.1, -0.05) is 18.2 Å². The van der Waals surface area contributed by atoms with Gasteiger partial charge in [-0.2, -0.15) is 0 Å². The summed E-state index contributed by atoms with van der Waals surface area (Å²) in [4.78, 5) is 4.25. The standard InChI is InChI=1S/C12H14N4/c13-11(14)12(6-2-4-8-16-12)9-10-5-1-3-7-15-10/h1-8,16H,9H2,(H3,13,14). The van der Waals surface area contributed by atoms with E-state index in [0.717, 1.165) is 5.69 Å². The van der Waals surface area contributed by atoms with Crippen molar-refractivity contribution < 1.29 is 0 Å². The molecule has 1 aliphatic rings. The topological polar surface area (TPSA) is 74.8 Å². The van der Waals surface area contributed by atoms with Gasteiger partial charge in [0.25, 0.3) is 0 Å². The molecule has 0 spiro atoms. The second-order valence-electron chi connectivity index (χ2n) is 3.75. The fraction of sp³-hybridized carbons (Fsp3) is 0.167. The van der Waals surface area contributed by atoms with Gasteiger partial charge >= 0.3 is 0 Å². The molecule has 0 aromatic carbocycles. The zero-order chi connectivity index (χ0) is 11.4. The summed E-state index contributed by atoms with van der Waals surface area (Å²) in [6, 6.07) is 5.73. The Labute approximate surface area is 94.4 Å². The van der Waals surface area contributed by atoms with Crippen LogP contribution in [0.4, 0.5) is 0 Å². The minimum Gasteiger partial charge on any atom is -0.385 e. The summed E-state index contributed by atoms with van der Waals surface area (Å²) >= 11 is 0. The van der Waals surface area contributed by atoms with Crippen LogP contribution in [0.1, 0.15) is 5.69 Å². The first-order valence-corrected chi connectivity index (χ1v) is 5.09. The first-order valence-electron chi connectivity index (χ1n) is 5.09. The molecule has 0 radical (unpaired) electrons. The fourth-order valence-electron chi connectivity index (χ4n) is 1.68. The van der Waals surface area contributed by atoms with Crippen molar-refractivity contribution in [2.75, 3.05) is 0 Å². The lowest BCUT2D eigenvalue weighted by atomic mass is 9.90. The van der Waals surface area contributed by atoms with Gasteiger partial charge in [-0.25, -0.2) is 0 Å². The van der Waals surface area contributed by atoms with E-state index in [0.29, 0.717) is 6.42 Å². The maximum Gasteiger partial charge on any atom is 0.121 e. The minimum atomic E-state index is -0.636. The second kappa shape index (κ2) is 4.18. The molecule has 2 rings (SSSR count). The van der Waals surface area contributed by atoms with Crippen molar-refractivity contribution in [2.24, 2.45) is 5.73 Å². The van der Waals surface area contributed by atoms with Crippen molar-refractivity contribution in [3.63, 3.8) is 0 Å². The third kappa shape index (κ3) is 1.95. The zero-order valence-corrected chi connectivity index (χ0v) is 8.85. The molecule has 1 aromatic rings. The molecule has 4 heteroatoms. The van der Waals surface area contributed by atoms with Crippen LogP contribution in [0.15, 0.2) is 48.8 Å². The second-order valence-corrected chi connectivity index (χ2v) is 3.75. The number of hydrogen-bond acceptors (Lipinski definition) is 3. The molecule has 0 fully saturated rings. The molecule has 1 aliphatic heterocycles. The van der Waals surface area contributed by atoms with E-state index in [1.54, 1.807) is 12.4 Å². The Kier molecular flexibility index (Phi) is 2.72. The van der Waals surface area contributed by atoms with Crippen LogP contribution in [0, 0.1) is 5.41 Å². The lowest BCUT2D eigenvalue weighted by molar-refractivity contribution is 0.571. The van der Waals surface area contributed by atoms with Crippen molar-refractivity contribution in [3.05, 3.63) is 54.5 Å². The van der Waals surface area contributed by atoms with Gasteiger partial charge in [0.2, 0.25) is 0 Å². The minimum absolute atomic E-state index is 0.0961. The average Bonchev–Trinajstić information content (AvgIpc) is 2.31. The number of rotatable bonds is 3. The van der Waals surface area contributed by atoms with Crippen molar-refractivity contribution >= 4 is 5.84 Å². The molecule has 1 unspecified atom stereocenters. The van der Waals surface area contributed by atoms with Gasteiger partial charge in [0.05, 0.1) is 0 Å². The predicted molar refractivity (Wildman–Crippen MR) is 64.0 cm³/mol. The van der Waals surface area contributed by atoms with Crippen molar-refractivity contribution in [1.29, 1.82) is 5.41 Å². The summed E-state index contributed by atoms with van der Waals surface area (Å²) in [6.45, 7) is 0. The highest BCUT2D eigenvalue weighted by molar-refractivity contribution is 5.90. The van der Waals surface area contributed by atoms with E-state index in [4.69, 9.17) is 11.1 Å². The largest absolute Gasteiger partial charge is 0.385 e. The third-order valence-electron chi connectivity index (χ3n) is 2.60.